The molecule has 3 heterocycles. The lowest BCUT2D eigenvalue weighted by atomic mass is 10.0. The second-order valence-corrected chi connectivity index (χ2v) is 10.7. The molecule has 1 fully saturated rings. The van der Waals surface area contributed by atoms with E-state index in [1.165, 1.54) is 17.4 Å². The van der Waals surface area contributed by atoms with Gasteiger partial charge in [0.1, 0.15) is 0 Å². The Labute approximate surface area is 170 Å². The predicted octanol–water partition coefficient (Wildman–Crippen LogP) is 4.45. The van der Waals surface area contributed by atoms with Crippen molar-refractivity contribution in [2.45, 2.75) is 29.2 Å². The fraction of sp³-hybridized carbons (Fsp3) is 0.400. The first-order valence-corrected chi connectivity index (χ1v) is 10.7. The lowest BCUT2D eigenvalue weighted by molar-refractivity contribution is 0.0751. The highest BCUT2D eigenvalue weighted by Crippen LogP contribution is 2.46. The Hall–Kier alpha value is -1.93. The normalized spacial score (nSPS) is 18.9. The van der Waals surface area contributed by atoms with Gasteiger partial charge in [0.05, 0.1) is 9.09 Å². The topological polar surface area (TPSA) is 40.6 Å². The van der Waals surface area contributed by atoms with Crippen molar-refractivity contribution in [2.24, 2.45) is 0 Å². The summed E-state index contributed by atoms with van der Waals surface area (Å²) in [6, 6.07) is 5.58. The first-order valence-electron chi connectivity index (χ1n) is 9.09. The maximum absolute atomic E-state index is 13.5. The number of carbonyl (C=O) groups is 2. The molecular weight excluding hydrogens is 402 g/mol. The number of thiophene rings is 1. The highest BCUT2D eigenvalue weighted by Gasteiger charge is 2.35. The Morgan fingerprint density at radius 1 is 1.07 bits per heavy atom. The standard InChI is InChI=1S/C20H20F2N2O2S2/c1-20(2)11-16(25)13-10-17(27-19(13)28-20)18(26)24-7-5-23(6-8-24)12-3-4-14(21)15(22)9-12/h3-4,9-10H,5-8,11H2,1-2H3. The second kappa shape index (κ2) is 7.15. The summed E-state index contributed by atoms with van der Waals surface area (Å²) in [5.74, 6) is -1.71. The summed E-state index contributed by atoms with van der Waals surface area (Å²) in [4.78, 5) is 29.6. The van der Waals surface area contributed by atoms with E-state index >= 15 is 0 Å². The number of anilines is 1. The number of amides is 1. The van der Waals surface area contributed by atoms with Crippen LogP contribution in [0.25, 0.3) is 0 Å². The molecule has 0 bridgehead atoms. The molecule has 2 aliphatic heterocycles. The van der Waals surface area contributed by atoms with E-state index < -0.39 is 11.6 Å². The maximum atomic E-state index is 13.5. The third-order valence-corrected chi connectivity index (χ3v) is 7.52. The van der Waals surface area contributed by atoms with Gasteiger partial charge < -0.3 is 9.80 Å². The Morgan fingerprint density at radius 3 is 2.46 bits per heavy atom. The monoisotopic (exact) mass is 422 g/mol. The average Bonchev–Trinajstić information content (AvgIpc) is 3.06. The minimum Gasteiger partial charge on any atom is -0.368 e. The zero-order valence-corrected chi connectivity index (χ0v) is 17.3. The SMILES string of the molecule is CC1(C)CC(=O)c2cc(C(=O)N3CCN(c4ccc(F)c(F)c4)CC3)sc2S1. The van der Waals surface area contributed by atoms with Crippen LogP contribution in [0.2, 0.25) is 0 Å². The molecule has 0 spiro atoms. The summed E-state index contributed by atoms with van der Waals surface area (Å²) in [5.41, 5.74) is 1.28. The molecule has 2 aromatic rings. The van der Waals surface area contributed by atoms with E-state index in [2.05, 4.69) is 0 Å². The number of ketones is 1. The summed E-state index contributed by atoms with van der Waals surface area (Å²) in [5, 5.41) is 0. The number of nitrogens with zero attached hydrogens (tertiary/aromatic N) is 2. The molecule has 0 unspecified atom stereocenters. The molecule has 2 aliphatic rings. The quantitative estimate of drug-likeness (QED) is 0.717. The van der Waals surface area contributed by atoms with Crippen molar-refractivity contribution in [1.29, 1.82) is 0 Å². The first-order chi connectivity index (χ1) is 13.2. The molecular formula is C20H20F2N2O2S2. The number of benzene rings is 1. The molecule has 0 radical (unpaired) electrons. The second-order valence-electron chi connectivity index (χ2n) is 7.65. The van der Waals surface area contributed by atoms with Gasteiger partial charge in [0, 0.05) is 54.7 Å². The molecule has 1 aromatic carbocycles. The summed E-state index contributed by atoms with van der Waals surface area (Å²) in [6.45, 7) is 6.15. The van der Waals surface area contributed by atoms with Crippen molar-refractivity contribution in [3.8, 4) is 0 Å². The predicted molar refractivity (Wildman–Crippen MR) is 108 cm³/mol. The Balaban J connectivity index is 1.45. The summed E-state index contributed by atoms with van der Waals surface area (Å²) in [6.07, 6.45) is 0.474. The fourth-order valence-corrected chi connectivity index (χ4v) is 6.50. The smallest absolute Gasteiger partial charge is 0.264 e. The lowest BCUT2D eigenvalue weighted by Crippen LogP contribution is -2.48. The minimum atomic E-state index is -0.870. The maximum Gasteiger partial charge on any atom is 0.264 e. The van der Waals surface area contributed by atoms with Crippen molar-refractivity contribution < 1.29 is 18.4 Å². The first kappa shape index (κ1) is 19.4. The molecule has 0 aliphatic carbocycles. The van der Waals surface area contributed by atoms with Crippen LogP contribution in [0.5, 0.6) is 0 Å². The highest BCUT2D eigenvalue weighted by molar-refractivity contribution is 8.02. The molecule has 4 rings (SSSR count). The van der Waals surface area contributed by atoms with Crippen LogP contribution in [0.15, 0.2) is 28.5 Å². The molecule has 0 atom stereocenters. The van der Waals surface area contributed by atoms with E-state index in [1.54, 1.807) is 28.8 Å². The Bertz CT molecular complexity index is 950. The zero-order valence-electron chi connectivity index (χ0n) is 15.6. The number of rotatable bonds is 2. The Morgan fingerprint density at radius 2 is 1.79 bits per heavy atom. The number of thioether (sulfide) groups is 1. The van der Waals surface area contributed by atoms with Crippen LogP contribution >= 0.6 is 23.1 Å². The van der Waals surface area contributed by atoms with E-state index in [4.69, 9.17) is 0 Å². The van der Waals surface area contributed by atoms with Gasteiger partial charge >= 0.3 is 0 Å². The molecule has 8 heteroatoms. The minimum absolute atomic E-state index is 0.0736. The molecule has 1 aromatic heterocycles. The lowest BCUT2D eigenvalue weighted by Gasteiger charge is -2.36. The largest absolute Gasteiger partial charge is 0.368 e. The van der Waals surface area contributed by atoms with Crippen LogP contribution in [-0.2, 0) is 0 Å². The highest BCUT2D eigenvalue weighted by atomic mass is 32.2. The van der Waals surface area contributed by atoms with Crippen LogP contribution in [0.3, 0.4) is 0 Å². The van der Waals surface area contributed by atoms with Gasteiger partial charge in [-0.2, -0.15) is 0 Å². The van der Waals surface area contributed by atoms with Gasteiger partial charge in [-0.25, -0.2) is 8.78 Å². The van der Waals surface area contributed by atoms with Crippen molar-refractivity contribution in [3.63, 3.8) is 0 Å². The third kappa shape index (κ3) is 3.67. The molecule has 148 valence electrons. The van der Waals surface area contributed by atoms with Gasteiger partial charge in [0.2, 0.25) is 0 Å². The molecule has 0 saturated carbocycles. The molecule has 28 heavy (non-hydrogen) atoms. The number of piperazine rings is 1. The van der Waals surface area contributed by atoms with Crippen molar-refractivity contribution in [1.82, 2.24) is 4.90 Å². The van der Waals surface area contributed by atoms with E-state index in [1.807, 2.05) is 18.7 Å². The van der Waals surface area contributed by atoms with Gasteiger partial charge in [-0.3, -0.25) is 9.59 Å². The van der Waals surface area contributed by atoms with E-state index in [9.17, 15) is 18.4 Å². The third-order valence-electron chi connectivity index (χ3n) is 5.00. The zero-order chi connectivity index (χ0) is 20.1. The van der Waals surface area contributed by atoms with Gasteiger partial charge in [-0.1, -0.05) is 0 Å². The number of Topliss-reactive ketones (excluding diaryl/α,β-unsaturated/α-hetero) is 1. The molecule has 4 nitrogen and oxygen atoms in total. The van der Waals surface area contributed by atoms with Gasteiger partial charge in [0.15, 0.2) is 17.4 Å². The van der Waals surface area contributed by atoms with E-state index in [0.717, 1.165) is 10.3 Å². The average molecular weight is 423 g/mol. The summed E-state index contributed by atoms with van der Waals surface area (Å²) in [7, 11) is 0. The Kier molecular flexibility index (Phi) is 4.95. The van der Waals surface area contributed by atoms with Crippen LogP contribution < -0.4 is 4.90 Å². The van der Waals surface area contributed by atoms with Crippen LogP contribution in [-0.4, -0.2) is 47.5 Å². The van der Waals surface area contributed by atoms with E-state index in [-0.39, 0.29) is 16.4 Å². The van der Waals surface area contributed by atoms with Crippen molar-refractivity contribution in [2.75, 3.05) is 31.1 Å². The fourth-order valence-electron chi connectivity index (χ4n) is 3.52. The number of hydrogen-bond donors (Lipinski definition) is 0. The van der Waals surface area contributed by atoms with Crippen LogP contribution in [0, 0.1) is 11.6 Å². The summed E-state index contributed by atoms with van der Waals surface area (Å²) >= 11 is 3.05. The van der Waals surface area contributed by atoms with Gasteiger partial charge in [-0.15, -0.1) is 23.1 Å². The molecule has 0 N–H and O–H groups in total. The van der Waals surface area contributed by atoms with Crippen LogP contribution in [0.1, 0.15) is 40.3 Å². The number of hydrogen-bond acceptors (Lipinski definition) is 5. The van der Waals surface area contributed by atoms with Crippen molar-refractivity contribution in [3.05, 3.63) is 46.3 Å². The number of carbonyl (C=O) groups excluding carboxylic acids is 2. The van der Waals surface area contributed by atoms with Crippen LogP contribution in [0.4, 0.5) is 14.5 Å². The van der Waals surface area contributed by atoms with E-state index in [0.29, 0.717) is 48.7 Å². The molecule has 1 amide bonds. The van der Waals surface area contributed by atoms with Crippen molar-refractivity contribution >= 4 is 40.5 Å². The number of fused-ring (bicyclic) bond motifs is 1. The van der Waals surface area contributed by atoms with Gasteiger partial charge in [-0.05, 0) is 32.0 Å². The number of halogens is 2. The van der Waals surface area contributed by atoms with Gasteiger partial charge in [0.25, 0.3) is 5.91 Å². The summed E-state index contributed by atoms with van der Waals surface area (Å²) < 4.78 is 27.4. The molecule has 1 saturated heterocycles.